The fourth-order valence-electron chi connectivity index (χ4n) is 2.42. The Balaban J connectivity index is 2.24. The summed E-state index contributed by atoms with van der Waals surface area (Å²) in [5.74, 6) is -0.342. The molecule has 0 fully saturated rings. The van der Waals surface area contributed by atoms with Gasteiger partial charge in [-0.25, -0.2) is 4.79 Å². The average Bonchev–Trinajstić information content (AvgIpc) is 2.89. The molecule has 0 aliphatic carbocycles. The van der Waals surface area contributed by atoms with E-state index in [-0.39, 0.29) is 5.97 Å². The van der Waals surface area contributed by atoms with E-state index < -0.39 is 0 Å². The Morgan fingerprint density at radius 3 is 2.67 bits per heavy atom. The minimum absolute atomic E-state index is 0.342. The standard InChI is InChI=1S/C17H20N2O2S3/c1-5-11-10(2)24-15(14(11)16(20)21-3)19-17(22)18-12-8-6-7-9-13(12)23-4/h6-9H,5H2,1-4H3,(H2,18,19,22). The quantitative estimate of drug-likeness (QED) is 0.435. The number of rotatable bonds is 5. The van der Waals surface area contributed by atoms with E-state index in [0.717, 1.165) is 32.4 Å². The van der Waals surface area contributed by atoms with Crippen LogP contribution in [0, 0.1) is 6.92 Å². The molecule has 0 amide bonds. The van der Waals surface area contributed by atoms with Gasteiger partial charge in [0.2, 0.25) is 0 Å². The zero-order valence-electron chi connectivity index (χ0n) is 14.1. The number of thioether (sulfide) groups is 1. The zero-order chi connectivity index (χ0) is 17.7. The first kappa shape index (κ1) is 18.8. The predicted molar refractivity (Wildman–Crippen MR) is 108 cm³/mol. The molecule has 0 bridgehead atoms. The number of para-hydroxylation sites is 1. The molecular weight excluding hydrogens is 360 g/mol. The number of aryl methyl sites for hydroxylation is 1. The lowest BCUT2D eigenvalue weighted by atomic mass is 10.1. The number of carbonyl (C=O) groups excluding carboxylic acids is 1. The van der Waals surface area contributed by atoms with Gasteiger partial charge in [-0.15, -0.1) is 23.1 Å². The van der Waals surface area contributed by atoms with E-state index in [4.69, 9.17) is 17.0 Å². The number of anilines is 2. The van der Waals surface area contributed by atoms with Gasteiger partial charge in [0, 0.05) is 9.77 Å². The molecule has 0 saturated heterocycles. The first-order valence-corrected chi connectivity index (χ1v) is 9.88. The lowest BCUT2D eigenvalue weighted by Crippen LogP contribution is -2.20. The van der Waals surface area contributed by atoms with Gasteiger partial charge >= 0.3 is 5.97 Å². The second kappa shape index (κ2) is 8.50. The maximum Gasteiger partial charge on any atom is 0.341 e. The minimum Gasteiger partial charge on any atom is -0.465 e. The third-order valence-corrected chi connectivity index (χ3v) is 5.60. The van der Waals surface area contributed by atoms with Crippen molar-refractivity contribution in [2.45, 2.75) is 25.2 Å². The summed E-state index contributed by atoms with van der Waals surface area (Å²) in [6.07, 6.45) is 2.78. The van der Waals surface area contributed by atoms with Crippen LogP contribution in [0.5, 0.6) is 0 Å². The van der Waals surface area contributed by atoms with Crippen molar-refractivity contribution >= 4 is 57.1 Å². The number of thiophene rings is 1. The molecule has 2 N–H and O–H groups in total. The zero-order valence-corrected chi connectivity index (χ0v) is 16.5. The molecule has 24 heavy (non-hydrogen) atoms. The number of esters is 1. The van der Waals surface area contributed by atoms with Crippen molar-refractivity contribution in [3.8, 4) is 0 Å². The number of ether oxygens (including phenoxy) is 1. The van der Waals surface area contributed by atoms with Crippen LogP contribution < -0.4 is 10.6 Å². The lowest BCUT2D eigenvalue weighted by Gasteiger charge is -2.13. The third-order valence-electron chi connectivity index (χ3n) is 3.53. The predicted octanol–water partition coefficient (Wildman–Crippen LogP) is 4.94. The van der Waals surface area contributed by atoms with Gasteiger partial charge in [-0.05, 0) is 49.5 Å². The molecular formula is C17H20N2O2S3. The van der Waals surface area contributed by atoms with E-state index in [1.807, 2.05) is 44.4 Å². The Labute approximate surface area is 156 Å². The molecule has 0 radical (unpaired) electrons. The monoisotopic (exact) mass is 380 g/mol. The summed E-state index contributed by atoms with van der Waals surface area (Å²) < 4.78 is 4.93. The van der Waals surface area contributed by atoms with Gasteiger partial charge in [0.25, 0.3) is 0 Å². The number of hydrogen-bond acceptors (Lipinski definition) is 5. The SMILES string of the molecule is CCc1c(C)sc(NC(=S)Nc2ccccc2SC)c1C(=O)OC. The fraction of sp³-hybridized carbons (Fsp3) is 0.294. The van der Waals surface area contributed by atoms with Gasteiger partial charge in [0.05, 0.1) is 18.4 Å². The number of carbonyl (C=O) groups is 1. The highest BCUT2D eigenvalue weighted by molar-refractivity contribution is 7.98. The molecule has 7 heteroatoms. The molecule has 0 aliphatic heterocycles. The first-order chi connectivity index (χ1) is 11.5. The first-order valence-electron chi connectivity index (χ1n) is 7.43. The van der Waals surface area contributed by atoms with Gasteiger partial charge in [-0.1, -0.05) is 19.1 Å². The molecule has 0 aliphatic rings. The van der Waals surface area contributed by atoms with E-state index in [0.29, 0.717) is 10.7 Å². The third kappa shape index (κ3) is 4.09. The van der Waals surface area contributed by atoms with Crippen molar-refractivity contribution in [3.63, 3.8) is 0 Å². The van der Waals surface area contributed by atoms with Crippen molar-refractivity contribution in [1.82, 2.24) is 0 Å². The molecule has 128 valence electrons. The fourth-order valence-corrected chi connectivity index (χ4v) is 4.38. The van der Waals surface area contributed by atoms with Crippen LogP contribution in [0.4, 0.5) is 10.7 Å². The van der Waals surface area contributed by atoms with Crippen LogP contribution in [0.2, 0.25) is 0 Å². The number of benzene rings is 1. The van der Waals surface area contributed by atoms with Gasteiger partial charge in [0.15, 0.2) is 5.11 Å². The number of methoxy groups -OCH3 is 1. The van der Waals surface area contributed by atoms with E-state index in [1.165, 1.54) is 18.4 Å². The Bertz CT molecular complexity index is 756. The Morgan fingerprint density at radius 1 is 1.33 bits per heavy atom. The molecule has 2 rings (SSSR count). The summed E-state index contributed by atoms with van der Waals surface area (Å²) in [5, 5.41) is 7.51. The van der Waals surface area contributed by atoms with E-state index in [1.54, 1.807) is 11.8 Å². The molecule has 1 heterocycles. The van der Waals surface area contributed by atoms with Gasteiger partial charge < -0.3 is 15.4 Å². The molecule has 0 unspecified atom stereocenters. The highest BCUT2D eigenvalue weighted by atomic mass is 32.2. The highest BCUT2D eigenvalue weighted by Gasteiger charge is 2.22. The molecule has 1 aromatic heterocycles. The molecule has 1 aromatic carbocycles. The summed E-state index contributed by atoms with van der Waals surface area (Å²) in [7, 11) is 1.39. The average molecular weight is 381 g/mol. The van der Waals surface area contributed by atoms with Crippen LogP contribution in [0.1, 0.15) is 27.7 Å². The summed E-state index contributed by atoms with van der Waals surface area (Å²) in [6, 6.07) is 7.94. The van der Waals surface area contributed by atoms with Crippen molar-refractivity contribution in [2.75, 3.05) is 24.0 Å². The maximum atomic E-state index is 12.1. The Kier molecular flexibility index (Phi) is 6.65. The van der Waals surface area contributed by atoms with E-state index in [2.05, 4.69) is 10.6 Å². The highest BCUT2D eigenvalue weighted by Crippen LogP contribution is 2.34. The summed E-state index contributed by atoms with van der Waals surface area (Å²) in [5.41, 5.74) is 2.51. The van der Waals surface area contributed by atoms with Crippen LogP contribution in [-0.4, -0.2) is 24.4 Å². The van der Waals surface area contributed by atoms with Gasteiger partial charge in [0.1, 0.15) is 5.00 Å². The maximum absolute atomic E-state index is 12.1. The molecule has 0 spiro atoms. The van der Waals surface area contributed by atoms with Gasteiger partial charge in [-0.2, -0.15) is 0 Å². The molecule has 4 nitrogen and oxygen atoms in total. The normalized spacial score (nSPS) is 10.3. The number of thiocarbonyl (C=S) groups is 1. The smallest absolute Gasteiger partial charge is 0.341 e. The van der Waals surface area contributed by atoms with Crippen molar-refractivity contribution in [1.29, 1.82) is 0 Å². The molecule has 0 atom stereocenters. The van der Waals surface area contributed by atoms with Crippen molar-refractivity contribution < 1.29 is 9.53 Å². The van der Waals surface area contributed by atoms with Crippen LogP contribution in [0.3, 0.4) is 0 Å². The summed E-state index contributed by atoms with van der Waals surface area (Å²) in [6.45, 7) is 4.02. The topological polar surface area (TPSA) is 50.4 Å². The Morgan fingerprint density at radius 2 is 2.04 bits per heavy atom. The summed E-state index contributed by atoms with van der Waals surface area (Å²) >= 11 is 8.58. The second-order valence-corrected chi connectivity index (χ2v) is 7.45. The van der Waals surface area contributed by atoms with Crippen LogP contribution in [0.25, 0.3) is 0 Å². The van der Waals surface area contributed by atoms with Crippen LogP contribution in [-0.2, 0) is 11.2 Å². The van der Waals surface area contributed by atoms with E-state index in [9.17, 15) is 4.79 Å². The lowest BCUT2D eigenvalue weighted by molar-refractivity contribution is 0.0601. The minimum atomic E-state index is -0.342. The molecule has 2 aromatic rings. The second-order valence-electron chi connectivity index (χ2n) is 4.97. The van der Waals surface area contributed by atoms with Crippen molar-refractivity contribution in [2.24, 2.45) is 0 Å². The van der Waals surface area contributed by atoms with Crippen LogP contribution >= 0.6 is 35.3 Å². The number of hydrogen-bond donors (Lipinski definition) is 2. The molecule has 0 saturated carbocycles. The van der Waals surface area contributed by atoms with E-state index >= 15 is 0 Å². The largest absolute Gasteiger partial charge is 0.465 e. The van der Waals surface area contributed by atoms with Crippen LogP contribution in [0.15, 0.2) is 29.2 Å². The van der Waals surface area contributed by atoms with Crippen molar-refractivity contribution in [3.05, 3.63) is 40.3 Å². The van der Waals surface area contributed by atoms with Gasteiger partial charge in [-0.3, -0.25) is 0 Å². The number of nitrogens with one attached hydrogen (secondary N) is 2. The summed E-state index contributed by atoms with van der Waals surface area (Å²) in [4.78, 5) is 14.3. The Hall–Kier alpha value is -1.57.